The van der Waals surface area contributed by atoms with Gasteiger partial charge in [-0.2, -0.15) is 5.26 Å². The fraction of sp³-hybridized carbons (Fsp3) is 0.238. The summed E-state index contributed by atoms with van der Waals surface area (Å²) in [6, 6.07) is 18.7. The molecule has 0 aliphatic carbocycles. The van der Waals surface area contributed by atoms with Gasteiger partial charge in [-0.3, -0.25) is 9.69 Å². The zero-order valence-electron chi connectivity index (χ0n) is 16.3. The lowest BCUT2D eigenvalue weighted by molar-refractivity contribution is -0.116. The Morgan fingerprint density at radius 3 is 2.70 bits per heavy atom. The van der Waals surface area contributed by atoms with Crippen LogP contribution in [0.2, 0.25) is 0 Å². The third-order valence-corrected chi connectivity index (χ3v) is 5.59. The highest BCUT2D eigenvalue weighted by atomic mass is 32.2. The summed E-state index contributed by atoms with van der Waals surface area (Å²) < 4.78 is 13.6. The van der Waals surface area contributed by atoms with E-state index in [-0.39, 0.29) is 24.3 Å². The molecule has 0 N–H and O–H groups in total. The van der Waals surface area contributed by atoms with Crippen LogP contribution in [0.5, 0.6) is 11.5 Å². The van der Waals surface area contributed by atoms with E-state index < -0.39 is 0 Å². The first kappa shape index (κ1) is 19.8. The number of hydrogen-bond acceptors (Lipinski definition) is 7. The Balaban J connectivity index is 1.43. The minimum atomic E-state index is -0.387. The average Bonchev–Trinajstić information content (AvgIpc) is 3.16. The standard InChI is InChI=1S/C21H19N5O3S/c1-25-20(18-13-28-16-9-5-6-10-17(16)29-18)23-24-21(25)30-14-19(27)26(12-11-22)15-7-3-2-4-8-15/h2-10,18H,12-14H2,1H3. The fourth-order valence-corrected chi connectivity index (χ4v) is 3.88. The fourth-order valence-electron chi connectivity index (χ4n) is 3.09. The van der Waals surface area contributed by atoms with Gasteiger partial charge in [-0.15, -0.1) is 10.2 Å². The van der Waals surface area contributed by atoms with Gasteiger partial charge in [0.2, 0.25) is 5.91 Å². The van der Waals surface area contributed by atoms with E-state index in [2.05, 4.69) is 10.2 Å². The van der Waals surface area contributed by atoms with Crippen LogP contribution < -0.4 is 14.4 Å². The van der Waals surface area contributed by atoms with E-state index in [1.165, 1.54) is 16.7 Å². The predicted octanol–water partition coefficient (Wildman–Crippen LogP) is 2.98. The van der Waals surface area contributed by atoms with Gasteiger partial charge in [0, 0.05) is 12.7 Å². The number of amides is 1. The van der Waals surface area contributed by atoms with Crippen molar-refractivity contribution >= 4 is 23.4 Å². The topological polar surface area (TPSA) is 93.3 Å². The number of hydrogen-bond donors (Lipinski definition) is 0. The number of rotatable bonds is 6. The SMILES string of the molecule is Cn1c(SCC(=O)N(CC#N)c2ccccc2)nnc1C1COc2ccccc2O1. The van der Waals surface area contributed by atoms with E-state index in [0.29, 0.717) is 34.8 Å². The van der Waals surface area contributed by atoms with Crippen LogP contribution in [0, 0.1) is 11.3 Å². The summed E-state index contributed by atoms with van der Waals surface area (Å²) in [5.74, 6) is 1.94. The molecule has 0 bridgehead atoms. The average molecular weight is 421 g/mol. The van der Waals surface area contributed by atoms with Crippen LogP contribution in [-0.2, 0) is 11.8 Å². The minimum Gasteiger partial charge on any atom is -0.485 e. The molecule has 1 atom stereocenters. The van der Waals surface area contributed by atoms with Crippen LogP contribution in [0.3, 0.4) is 0 Å². The second-order valence-electron chi connectivity index (χ2n) is 6.53. The van der Waals surface area contributed by atoms with Gasteiger partial charge in [0.25, 0.3) is 0 Å². The molecule has 4 rings (SSSR count). The van der Waals surface area contributed by atoms with Gasteiger partial charge in [0.1, 0.15) is 13.2 Å². The molecule has 1 aromatic heterocycles. The lowest BCUT2D eigenvalue weighted by atomic mass is 10.2. The Morgan fingerprint density at radius 1 is 1.20 bits per heavy atom. The molecule has 2 aromatic carbocycles. The first-order chi connectivity index (χ1) is 14.7. The van der Waals surface area contributed by atoms with E-state index in [0.717, 1.165) is 0 Å². The quantitative estimate of drug-likeness (QED) is 0.446. The van der Waals surface area contributed by atoms with E-state index in [9.17, 15) is 4.79 Å². The van der Waals surface area contributed by atoms with E-state index in [4.69, 9.17) is 14.7 Å². The highest BCUT2D eigenvalue weighted by molar-refractivity contribution is 7.99. The summed E-state index contributed by atoms with van der Waals surface area (Å²) in [6.07, 6.45) is -0.387. The van der Waals surface area contributed by atoms with Crippen molar-refractivity contribution < 1.29 is 14.3 Å². The van der Waals surface area contributed by atoms with E-state index >= 15 is 0 Å². The second-order valence-corrected chi connectivity index (χ2v) is 7.47. The summed E-state index contributed by atoms with van der Waals surface area (Å²) in [7, 11) is 1.83. The van der Waals surface area contributed by atoms with Crippen molar-refractivity contribution in [3.8, 4) is 17.6 Å². The molecule has 8 nitrogen and oxygen atoms in total. The number of carbonyl (C=O) groups excluding carboxylic acids is 1. The van der Waals surface area contributed by atoms with Gasteiger partial charge in [-0.25, -0.2) is 0 Å². The Hall–Kier alpha value is -3.51. The molecule has 152 valence electrons. The van der Waals surface area contributed by atoms with Crippen molar-refractivity contribution in [2.75, 3.05) is 23.8 Å². The summed E-state index contributed by atoms with van der Waals surface area (Å²) >= 11 is 1.27. The number of benzene rings is 2. The molecule has 30 heavy (non-hydrogen) atoms. The van der Waals surface area contributed by atoms with Crippen LogP contribution in [0.25, 0.3) is 0 Å². The molecule has 1 aliphatic heterocycles. The molecule has 0 saturated heterocycles. The maximum Gasteiger partial charge on any atom is 0.238 e. The van der Waals surface area contributed by atoms with E-state index in [1.807, 2.05) is 55.6 Å². The lowest BCUT2D eigenvalue weighted by Crippen LogP contribution is -2.32. The molecular formula is C21H19N5O3S. The third kappa shape index (κ3) is 4.09. The molecule has 0 spiro atoms. The molecule has 1 amide bonds. The van der Waals surface area contributed by atoms with Crippen molar-refractivity contribution in [2.24, 2.45) is 7.05 Å². The summed E-state index contributed by atoms with van der Waals surface area (Å²) in [5, 5.41) is 18.1. The largest absolute Gasteiger partial charge is 0.485 e. The third-order valence-electron chi connectivity index (χ3n) is 4.59. The number of nitriles is 1. The lowest BCUT2D eigenvalue weighted by Gasteiger charge is -2.25. The van der Waals surface area contributed by atoms with Crippen LogP contribution >= 0.6 is 11.8 Å². The molecule has 3 aromatic rings. The maximum absolute atomic E-state index is 12.7. The van der Waals surface area contributed by atoms with Gasteiger partial charge >= 0.3 is 0 Å². The molecule has 0 saturated carbocycles. The molecule has 1 aliphatic rings. The van der Waals surface area contributed by atoms with Gasteiger partial charge in [0.15, 0.2) is 28.6 Å². The number of thioether (sulfide) groups is 1. The zero-order chi connectivity index (χ0) is 20.9. The number of para-hydroxylation sites is 3. The van der Waals surface area contributed by atoms with Crippen molar-refractivity contribution in [3.63, 3.8) is 0 Å². The summed E-state index contributed by atoms with van der Waals surface area (Å²) in [6.45, 7) is 0.316. The Bertz CT molecular complexity index is 1080. The van der Waals surface area contributed by atoms with Gasteiger partial charge in [0.05, 0.1) is 11.8 Å². The molecule has 9 heteroatoms. The second kappa shape index (κ2) is 8.88. The van der Waals surface area contributed by atoms with Gasteiger partial charge in [-0.1, -0.05) is 42.1 Å². The minimum absolute atomic E-state index is 0.0138. The number of aromatic nitrogens is 3. The summed E-state index contributed by atoms with van der Waals surface area (Å²) in [4.78, 5) is 14.2. The predicted molar refractivity (Wildman–Crippen MR) is 111 cm³/mol. The van der Waals surface area contributed by atoms with Crippen LogP contribution in [-0.4, -0.2) is 39.6 Å². The van der Waals surface area contributed by atoms with Crippen molar-refractivity contribution in [2.45, 2.75) is 11.3 Å². The molecule has 1 unspecified atom stereocenters. The number of anilines is 1. The van der Waals surface area contributed by atoms with Crippen molar-refractivity contribution in [3.05, 3.63) is 60.4 Å². The molecule has 2 heterocycles. The van der Waals surface area contributed by atoms with Crippen molar-refractivity contribution in [1.82, 2.24) is 14.8 Å². The van der Waals surface area contributed by atoms with Gasteiger partial charge < -0.3 is 14.0 Å². The number of nitrogens with zero attached hydrogens (tertiary/aromatic N) is 5. The van der Waals surface area contributed by atoms with Crippen LogP contribution in [0.1, 0.15) is 11.9 Å². The van der Waals surface area contributed by atoms with E-state index in [1.54, 1.807) is 16.7 Å². The summed E-state index contributed by atoms with van der Waals surface area (Å²) in [5.41, 5.74) is 0.690. The highest BCUT2D eigenvalue weighted by Crippen LogP contribution is 2.35. The first-order valence-corrected chi connectivity index (χ1v) is 10.3. The molecule has 0 radical (unpaired) electrons. The van der Waals surface area contributed by atoms with Crippen LogP contribution in [0.4, 0.5) is 5.69 Å². The first-order valence-electron chi connectivity index (χ1n) is 9.30. The number of fused-ring (bicyclic) bond motifs is 1. The zero-order valence-corrected chi connectivity index (χ0v) is 17.1. The van der Waals surface area contributed by atoms with Crippen molar-refractivity contribution in [1.29, 1.82) is 5.26 Å². The smallest absolute Gasteiger partial charge is 0.238 e. The number of ether oxygens (including phenoxy) is 2. The van der Waals surface area contributed by atoms with Crippen LogP contribution in [0.15, 0.2) is 59.8 Å². The molecular weight excluding hydrogens is 402 g/mol. The number of carbonyl (C=O) groups is 1. The monoisotopic (exact) mass is 421 g/mol. The maximum atomic E-state index is 12.7. The van der Waals surface area contributed by atoms with Gasteiger partial charge in [-0.05, 0) is 24.3 Å². The Labute approximate surface area is 178 Å². The molecule has 0 fully saturated rings. The Kier molecular flexibility index (Phi) is 5.86. The highest BCUT2D eigenvalue weighted by Gasteiger charge is 2.28. The normalized spacial score (nSPS) is 14.7. The Morgan fingerprint density at radius 2 is 1.93 bits per heavy atom.